The summed E-state index contributed by atoms with van der Waals surface area (Å²) in [5.41, 5.74) is 1.64. The van der Waals surface area contributed by atoms with Gasteiger partial charge >= 0.3 is 5.97 Å². The summed E-state index contributed by atoms with van der Waals surface area (Å²) < 4.78 is 6.92. The molecule has 1 amide bonds. The molecule has 0 unspecified atom stereocenters. The normalized spacial score (nSPS) is 14.4. The zero-order valence-corrected chi connectivity index (χ0v) is 17.5. The maximum atomic E-state index is 12.8. The van der Waals surface area contributed by atoms with E-state index in [1.165, 1.54) is 0 Å². The van der Waals surface area contributed by atoms with Crippen LogP contribution in [-0.2, 0) is 22.5 Å². The fourth-order valence-electron chi connectivity index (χ4n) is 3.87. The molecule has 3 aromatic rings. The molecule has 0 bridgehead atoms. The molecule has 7 nitrogen and oxygen atoms in total. The fraction of sp³-hybridized carbons (Fsp3) is 0.333. The Morgan fingerprint density at radius 2 is 1.94 bits per heavy atom. The number of hydrogen-bond acceptors (Lipinski definition) is 5. The Hall–Kier alpha value is -3.48. The van der Waals surface area contributed by atoms with Crippen LogP contribution >= 0.6 is 0 Å². The number of aryl methyl sites for hydroxylation is 1. The first-order valence-electron chi connectivity index (χ1n) is 10.6. The Bertz CT molecular complexity index is 1170. The Balaban J connectivity index is 1.44. The molecule has 1 N–H and O–H groups in total. The van der Waals surface area contributed by atoms with Gasteiger partial charge in [-0.05, 0) is 43.5 Å². The number of benzene rings is 2. The van der Waals surface area contributed by atoms with Crippen molar-refractivity contribution in [2.75, 3.05) is 6.61 Å². The molecule has 0 fully saturated rings. The van der Waals surface area contributed by atoms with E-state index in [2.05, 4.69) is 10.3 Å². The Morgan fingerprint density at radius 1 is 1.13 bits per heavy atom. The van der Waals surface area contributed by atoms with Gasteiger partial charge in [0.2, 0.25) is 0 Å². The van der Waals surface area contributed by atoms with Crippen LogP contribution in [0.4, 0.5) is 0 Å². The minimum absolute atomic E-state index is 0.0731. The molecule has 2 aromatic carbocycles. The van der Waals surface area contributed by atoms with Gasteiger partial charge in [0.25, 0.3) is 11.5 Å². The van der Waals surface area contributed by atoms with Gasteiger partial charge in [-0.25, -0.2) is 9.78 Å². The standard InChI is InChI=1S/C24H25N3O4/c1-16(17-8-4-2-5-9-17)25-22(28)15-31-24(30)18-11-12-19-20(14-18)26-21-10-6-3-7-13-27(21)23(19)29/h2,4-5,8-9,11-12,14,16H,3,6-7,10,13,15H2,1H3,(H,25,28)/t16-/m1/s1. The second kappa shape index (κ2) is 9.12. The van der Waals surface area contributed by atoms with E-state index in [0.717, 1.165) is 37.1 Å². The van der Waals surface area contributed by atoms with Crippen LogP contribution in [-0.4, -0.2) is 28.0 Å². The van der Waals surface area contributed by atoms with Crippen LogP contribution in [0.3, 0.4) is 0 Å². The number of nitrogens with zero attached hydrogens (tertiary/aromatic N) is 2. The Kier molecular flexibility index (Phi) is 6.11. The second-order valence-electron chi connectivity index (χ2n) is 7.80. The highest BCUT2D eigenvalue weighted by Gasteiger charge is 2.17. The summed E-state index contributed by atoms with van der Waals surface area (Å²) in [4.78, 5) is 42.1. The molecule has 31 heavy (non-hydrogen) atoms. The maximum absolute atomic E-state index is 12.8. The summed E-state index contributed by atoms with van der Waals surface area (Å²) in [6.45, 7) is 2.16. The summed E-state index contributed by atoms with van der Waals surface area (Å²) in [5.74, 6) is -0.247. The van der Waals surface area contributed by atoms with E-state index in [1.54, 1.807) is 22.8 Å². The van der Waals surface area contributed by atoms with Crippen molar-refractivity contribution in [3.05, 3.63) is 75.8 Å². The molecule has 1 aromatic heterocycles. The van der Waals surface area contributed by atoms with E-state index in [-0.39, 0.29) is 29.7 Å². The van der Waals surface area contributed by atoms with E-state index in [0.29, 0.717) is 17.4 Å². The SMILES string of the molecule is C[C@@H](NC(=O)COC(=O)c1ccc2c(=O)n3c(nc2c1)CCCCC3)c1ccccc1. The topological polar surface area (TPSA) is 90.3 Å². The van der Waals surface area contributed by atoms with Crippen LogP contribution in [0.25, 0.3) is 10.9 Å². The van der Waals surface area contributed by atoms with Crippen molar-refractivity contribution >= 4 is 22.8 Å². The third kappa shape index (κ3) is 4.66. The quantitative estimate of drug-likeness (QED) is 0.642. The molecular weight excluding hydrogens is 394 g/mol. The minimum Gasteiger partial charge on any atom is -0.452 e. The molecule has 4 rings (SSSR count). The molecule has 2 heterocycles. The zero-order valence-electron chi connectivity index (χ0n) is 17.5. The van der Waals surface area contributed by atoms with Gasteiger partial charge in [-0.2, -0.15) is 0 Å². The van der Waals surface area contributed by atoms with Gasteiger partial charge in [-0.3, -0.25) is 14.2 Å². The van der Waals surface area contributed by atoms with Crippen molar-refractivity contribution in [1.82, 2.24) is 14.9 Å². The van der Waals surface area contributed by atoms with Crippen molar-refractivity contribution in [2.24, 2.45) is 0 Å². The molecule has 1 atom stereocenters. The number of carbonyl (C=O) groups excluding carboxylic acids is 2. The van der Waals surface area contributed by atoms with Crippen LogP contribution in [0.1, 0.15) is 54.0 Å². The average molecular weight is 419 g/mol. The Morgan fingerprint density at radius 3 is 2.74 bits per heavy atom. The van der Waals surface area contributed by atoms with Crippen LogP contribution < -0.4 is 10.9 Å². The zero-order chi connectivity index (χ0) is 21.8. The number of fused-ring (bicyclic) bond motifs is 2. The first-order chi connectivity index (χ1) is 15.0. The first-order valence-corrected chi connectivity index (χ1v) is 10.6. The summed E-state index contributed by atoms with van der Waals surface area (Å²) in [6.07, 6.45) is 3.78. The summed E-state index contributed by atoms with van der Waals surface area (Å²) in [5, 5.41) is 3.29. The fourth-order valence-corrected chi connectivity index (χ4v) is 3.87. The number of ether oxygens (including phenoxy) is 1. The average Bonchev–Trinajstić information content (AvgIpc) is 3.03. The van der Waals surface area contributed by atoms with Gasteiger partial charge in [0, 0.05) is 13.0 Å². The van der Waals surface area contributed by atoms with Crippen LogP contribution in [0.15, 0.2) is 53.3 Å². The van der Waals surface area contributed by atoms with E-state index in [9.17, 15) is 14.4 Å². The van der Waals surface area contributed by atoms with Gasteiger partial charge in [-0.1, -0.05) is 36.8 Å². The summed E-state index contributed by atoms with van der Waals surface area (Å²) in [6, 6.07) is 14.1. The monoisotopic (exact) mass is 419 g/mol. The van der Waals surface area contributed by atoms with Crippen LogP contribution in [0, 0.1) is 0 Å². The number of rotatable bonds is 5. The number of esters is 1. The van der Waals surface area contributed by atoms with Gasteiger partial charge < -0.3 is 10.1 Å². The molecule has 1 aliphatic rings. The Labute approximate surface area is 180 Å². The van der Waals surface area contributed by atoms with Crippen molar-refractivity contribution in [1.29, 1.82) is 0 Å². The van der Waals surface area contributed by atoms with Crippen LogP contribution in [0.2, 0.25) is 0 Å². The molecule has 0 aliphatic carbocycles. The molecule has 160 valence electrons. The van der Waals surface area contributed by atoms with Crippen molar-refractivity contribution in [2.45, 2.75) is 45.2 Å². The number of hydrogen-bond donors (Lipinski definition) is 1. The first kappa shape index (κ1) is 20.8. The van der Waals surface area contributed by atoms with Crippen LogP contribution in [0.5, 0.6) is 0 Å². The minimum atomic E-state index is -0.624. The molecule has 7 heteroatoms. The lowest BCUT2D eigenvalue weighted by Gasteiger charge is -2.14. The second-order valence-corrected chi connectivity index (χ2v) is 7.80. The predicted octanol–water partition coefficient (Wildman–Crippen LogP) is 3.16. The number of aromatic nitrogens is 2. The lowest BCUT2D eigenvalue weighted by Crippen LogP contribution is -2.31. The van der Waals surface area contributed by atoms with E-state index in [4.69, 9.17) is 4.74 Å². The highest BCUT2D eigenvalue weighted by atomic mass is 16.5. The highest BCUT2D eigenvalue weighted by Crippen LogP contribution is 2.17. The van der Waals surface area contributed by atoms with Gasteiger partial charge in [0.1, 0.15) is 5.82 Å². The van der Waals surface area contributed by atoms with Gasteiger partial charge in [0.05, 0.1) is 22.5 Å². The molecule has 1 aliphatic heterocycles. The van der Waals surface area contributed by atoms with E-state index >= 15 is 0 Å². The number of amides is 1. The van der Waals surface area contributed by atoms with Gasteiger partial charge in [0.15, 0.2) is 6.61 Å². The predicted molar refractivity (Wildman–Crippen MR) is 117 cm³/mol. The molecule has 0 saturated heterocycles. The molecule has 0 spiro atoms. The van der Waals surface area contributed by atoms with Crippen molar-refractivity contribution in [3.63, 3.8) is 0 Å². The highest BCUT2D eigenvalue weighted by molar-refractivity contribution is 5.95. The molecular formula is C24H25N3O4. The summed E-state index contributed by atoms with van der Waals surface area (Å²) >= 11 is 0. The molecule has 0 radical (unpaired) electrons. The number of nitrogens with one attached hydrogen (secondary N) is 1. The van der Waals surface area contributed by atoms with Gasteiger partial charge in [-0.15, -0.1) is 0 Å². The lowest BCUT2D eigenvalue weighted by molar-refractivity contribution is -0.124. The van der Waals surface area contributed by atoms with Crippen molar-refractivity contribution < 1.29 is 14.3 Å². The third-order valence-electron chi connectivity index (χ3n) is 5.56. The molecule has 0 saturated carbocycles. The maximum Gasteiger partial charge on any atom is 0.338 e. The number of carbonyl (C=O) groups is 2. The van der Waals surface area contributed by atoms with Crippen molar-refractivity contribution in [3.8, 4) is 0 Å². The van der Waals surface area contributed by atoms with E-state index < -0.39 is 5.97 Å². The third-order valence-corrected chi connectivity index (χ3v) is 5.56. The van der Waals surface area contributed by atoms with E-state index in [1.807, 2.05) is 37.3 Å². The largest absolute Gasteiger partial charge is 0.452 e. The smallest absolute Gasteiger partial charge is 0.338 e. The summed E-state index contributed by atoms with van der Waals surface area (Å²) in [7, 11) is 0. The lowest BCUT2D eigenvalue weighted by atomic mass is 10.1.